The first-order valence-electron chi connectivity index (χ1n) is 9.41. The smallest absolute Gasteiger partial charge is 0.118 e. The topological polar surface area (TPSA) is 46.0 Å². The molecule has 0 unspecified atom stereocenters. The molecular weight excluding hydrogens is 344 g/mol. The number of phenols is 1. The molecule has 1 aliphatic carbocycles. The van der Waals surface area contributed by atoms with E-state index in [9.17, 15) is 5.11 Å². The van der Waals surface area contributed by atoms with E-state index in [1.54, 1.807) is 6.07 Å². The lowest BCUT2D eigenvalue weighted by Crippen LogP contribution is -2.28. The molecule has 136 valence electrons. The third-order valence-electron chi connectivity index (χ3n) is 5.76. The molecule has 2 aromatic carbocycles. The maximum atomic E-state index is 10.1. The predicted molar refractivity (Wildman–Crippen MR) is 110 cm³/mol. The van der Waals surface area contributed by atoms with Crippen molar-refractivity contribution in [2.75, 3.05) is 0 Å². The molecule has 28 heavy (non-hydrogen) atoms. The van der Waals surface area contributed by atoms with Crippen molar-refractivity contribution in [1.29, 1.82) is 0 Å². The Bertz CT molecular complexity index is 1150. The number of aromatic hydroxyl groups is 1. The molecule has 0 aliphatic heterocycles. The molecule has 1 N–H and O–H groups in total. The van der Waals surface area contributed by atoms with Crippen molar-refractivity contribution >= 4 is 0 Å². The summed E-state index contributed by atoms with van der Waals surface area (Å²) in [5.41, 5.74) is 7.92. The molecule has 1 aliphatic rings. The van der Waals surface area contributed by atoms with Crippen LogP contribution in [0.3, 0.4) is 0 Å². The Morgan fingerprint density at radius 1 is 0.714 bits per heavy atom. The lowest BCUT2D eigenvalue weighted by Gasteiger charge is -2.33. The molecular formula is C25H20N2O. The second kappa shape index (κ2) is 6.03. The van der Waals surface area contributed by atoms with E-state index >= 15 is 0 Å². The van der Waals surface area contributed by atoms with Crippen molar-refractivity contribution in [2.24, 2.45) is 0 Å². The summed E-state index contributed by atoms with van der Waals surface area (Å²) in [6.07, 6.45) is 3.65. The fraction of sp³-hybridized carbons (Fsp3) is 0.120. The lowest BCUT2D eigenvalue weighted by atomic mass is 9.68. The predicted octanol–water partition coefficient (Wildman–Crippen LogP) is 5.16. The van der Waals surface area contributed by atoms with Gasteiger partial charge in [-0.25, -0.2) is 0 Å². The average Bonchev–Trinajstić information content (AvgIpc) is 3.02. The van der Waals surface area contributed by atoms with Gasteiger partial charge in [-0.3, -0.25) is 9.97 Å². The molecule has 2 heterocycles. The highest BCUT2D eigenvalue weighted by Crippen LogP contribution is 2.54. The maximum Gasteiger partial charge on any atom is 0.118 e. The maximum absolute atomic E-state index is 10.1. The molecule has 0 fully saturated rings. The Morgan fingerprint density at radius 3 is 1.86 bits per heavy atom. The van der Waals surface area contributed by atoms with E-state index in [1.165, 1.54) is 11.1 Å². The summed E-state index contributed by atoms with van der Waals surface area (Å²) in [5, 5.41) is 10.1. The fourth-order valence-corrected chi connectivity index (χ4v) is 4.42. The van der Waals surface area contributed by atoms with Crippen molar-refractivity contribution in [3.63, 3.8) is 0 Å². The largest absolute Gasteiger partial charge is 0.508 e. The number of phenolic OH excluding ortho intramolecular Hbond substituents is 1. The molecule has 0 bridgehead atoms. The van der Waals surface area contributed by atoms with Crippen LogP contribution in [0.1, 0.15) is 33.4 Å². The van der Waals surface area contributed by atoms with Gasteiger partial charge >= 0.3 is 0 Å². The van der Waals surface area contributed by atoms with Gasteiger partial charge in [0.2, 0.25) is 0 Å². The third kappa shape index (κ3) is 2.16. The van der Waals surface area contributed by atoms with Crippen molar-refractivity contribution in [3.05, 3.63) is 113 Å². The van der Waals surface area contributed by atoms with Crippen molar-refractivity contribution in [3.8, 4) is 17.1 Å². The Morgan fingerprint density at radius 2 is 1.29 bits per heavy atom. The van der Waals surface area contributed by atoms with Gasteiger partial charge in [-0.1, -0.05) is 54.1 Å². The van der Waals surface area contributed by atoms with Crippen LogP contribution in [0.25, 0.3) is 11.4 Å². The molecule has 3 heteroatoms. The Hall–Kier alpha value is -3.46. The van der Waals surface area contributed by atoms with Gasteiger partial charge < -0.3 is 5.11 Å². The summed E-state index contributed by atoms with van der Waals surface area (Å²) >= 11 is 0. The van der Waals surface area contributed by atoms with Gasteiger partial charge in [-0.2, -0.15) is 0 Å². The Labute approximate surface area is 164 Å². The average molecular weight is 364 g/mol. The molecule has 3 nitrogen and oxygen atoms in total. The quantitative estimate of drug-likeness (QED) is 0.470. The number of pyridine rings is 2. The highest BCUT2D eigenvalue weighted by Gasteiger charge is 2.47. The van der Waals surface area contributed by atoms with Crippen molar-refractivity contribution < 1.29 is 5.11 Å². The summed E-state index contributed by atoms with van der Waals surface area (Å²) in [6, 6.07) is 22.8. The summed E-state index contributed by atoms with van der Waals surface area (Å²) in [7, 11) is 0. The van der Waals surface area contributed by atoms with Crippen LogP contribution in [0.5, 0.6) is 5.75 Å². The van der Waals surface area contributed by atoms with Gasteiger partial charge in [0.25, 0.3) is 0 Å². The van der Waals surface area contributed by atoms with E-state index in [2.05, 4.69) is 49.4 Å². The first-order chi connectivity index (χ1) is 13.6. The van der Waals surface area contributed by atoms with E-state index < -0.39 is 5.41 Å². The second-order valence-corrected chi connectivity index (χ2v) is 7.42. The number of fused-ring (bicyclic) bond motifs is 3. The number of rotatable bonds is 2. The third-order valence-corrected chi connectivity index (χ3v) is 5.76. The summed E-state index contributed by atoms with van der Waals surface area (Å²) in [5.74, 6) is 0.304. The van der Waals surface area contributed by atoms with Crippen LogP contribution in [0.15, 0.2) is 79.1 Å². The zero-order valence-electron chi connectivity index (χ0n) is 15.8. The van der Waals surface area contributed by atoms with Crippen LogP contribution in [0.2, 0.25) is 0 Å². The molecule has 0 saturated carbocycles. The first kappa shape index (κ1) is 16.7. The number of aryl methyl sites for hydroxylation is 2. The number of hydrogen-bond acceptors (Lipinski definition) is 3. The van der Waals surface area contributed by atoms with Crippen LogP contribution in [-0.2, 0) is 5.41 Å². The van der Waals surface area contributed by atoms with Gasteiger partial charge in [0.15, 0.2) is 0 Å². The molecule has 0 amide bonds. The Kier molecular flexibility index (Phi) is 3.59. The van der Waals surface area contributed by atoms with E-state index in [0.717, 1.165) is 33.6 Å². The number of nitrogens with zero attached hydrogens (tertiary/aromatic N) is 2. The first-order valence-corrected chi connectivity index (χ1v) is 9.41. The zero-order chi connectivity index (χ0) is 19.3. The lowest BCUT2D eigenvalue weighted by molar-refractivity contribution is 0.470. The molecule has 5 rings (SSSR count). The van der Waals surface area contributed by atoms with Gasteiger partial charge in [0.05, 0.1) is 16.8 Å². The Balaban J connectivity index is 1.95. The number of aromatic nitrogens is 2. The van der Waals surface area contributed by atoms with E-state index in [4.69, 9.17) is 9.97 Å². The molecule has 2 aromatic heterocycles. The number of benzene rings is 2. The van der Waals surface area contributed by atoms with Crippen molar-refractivity contribution in [1.82, 2.24) is 9.97 Å². The van der Waals surface area contributed by atoms with E-state index in [0.29, 0.717) is 5.75 Å². The molecule has 0 radical (unpaired) electrons. The molecule has 0 saturated heterocycles. The van der Waals surface area contributed by atoms with Crippen LogP contribution in [-0.4, -0.2) is 15.1 Å². The zero-order valence-corrected chi connectivity index (χ0v) is 15.8. The standard InChI is InChI=1S/C25H20N2O/c1-16-7-9-18(10-8-16)25(19-11-12-22(28)17(2)15-19)20-5-3-13-26-23(20)24-21(25)6-4-14-27-24/h3-15,28H,1-2H3. The minimum atomic E-state index is -0.515. The fourth-order valence-electron chi connectivity index (χ4n) is 4.42. The summed E-state index contributed by atoms with van der Waals surface area (Å²) < 4.78 is 0. The van der Waals surface area contributed by atoms with Crippen LogP contribution < -0.4 is 0 Å². The normalized spacial score (nSPS) is 13.8. The van der Waals surface area contributed by atoms with Crippen molar-refractivity contribution in [2.45, 2.75) is 19.3 Å². The molecule has 0 spiro atoms. The van der Waals surface area contributed by atoms with Gasteiger partial charge in [-0.15, -0.1) is 0 Å². The SMILES string of the molecule is Cc1ccc(C2(c3ccc(O)c(C)c3)c3cccnc3-c3ncccc32)cc1. The molecule has 4 aromatic rings. The monoisotopic (exact) mass is 364 g/mol. The number of hydrogen-bond donors (Lipinski definition) is 1. The summed E-state index contributed by atoms with van der Waals surface area (Å²) in [4.78, 5) is 9.39. The van der Waals surface area contributed by atoms with E-state index in [-0.39, 0.29) is 0 Å². The second-order valence-electron chi connectivity index (χ2n) is 7.42. The summed E-state index contributed by atoms with van der Waals surface area (Å²) in [6.45, 7) is 4.03. The van der Waals surface area contributed by atoms with Crippen LogP contribution >= 0.6 is 0 Å². The van der Waals surface area contributed by atoms with Crippen LogP contribution in [0, 0.1) is 13.8 Å². The highest BCUT2D eigenvalue weighted by atomic mass is 16.3. The van der Waals surface area contributed by atoms with Gasteiger partial charge in [-0.05, 0) is 59.9 Å². The van der Waals surface area contributed by atoms with Gasteiger partial charge in [0, 0.05) is 12.4 Å². The van der Waals surface area contributed by atoms with Gasteiger partial charge in [0.1, 0.15) is 5.75 Å². The molecule has 0 atom stereocenters. The van der Waals surface area contributed by atoms with E-state index in [1.807, 2.05) is 37.5 Å². The highest BCUT2D eigenvalue weighted by molar-refractivity contribution is 5.81. The van der Waals surface area contributed by atoms with Crippen LogP contribution in [0.4, 0.5) is 0 Å². The minimum Gasteiger partial charge on any atom is -0.508 e. The minimum absolute atomic E-state index is 0.304.